The molecular formula is C17H16FNO3. The van der Waals surface area contributed by atoms with Gasteiger partial charge in [-0.2, -0.15) is 0 Å². The molecule has 2 rings (SSSR count). The Morgan fingerprint density at radius 2 is 1.68 bits per heavy atom. The van der Waals surface area contributed by atoms with Crippen LogP contribution in [0.15, 0.2) is 48.5 Å². The highest BCUT2D eigenvalue weighted by atomic mass is 19.1. The average molecular weight is 301 g/mol. The number of carbonyl (C=O) groups excluding carboxylic acids is 1. The first-order valence-corrected chi connectivity index (χ1v) is 6.80. The molecule has 4 nitrogen and oxygen atoms in total. The molecule has 0 aromatic heterocycles. The predicted molar refractivity (Wildman–Crippen MR) is 80.0 cm³/mol. The summed E-state index contributed by atoms with van der Waals surface area (Å²) < 4.78 is 13.0. The summed E-state index contributed by atoms with van der Waals surface area (Å²) >= 11 is 0. The minimum Gasteiger partial charge on any atom is -0.481 e. The molecule has 0 fully saturated rings. The lowest BCUT2D eigenvalue weighted by molar-refractivity contribution is -0.137. The number of carbonyl (C=O) groups is 2. The molecule has 2 N–H and O–H groups in total. The first-order chi connectivity index (χ1) is 10.5. The molecule has 1 atom stereocenters. The maximum atomic E-state index is 13.0. The predicted octanol–water partition coefficient (Wildman–Crippen LogP) is 3.08. The van der Waals surface area contributed by atoms with Crippen LogP contribution < -0.4 is 5.32 Å². The smallest absolute Gasteiger partial charge is 0.305 e. The Labute approximate surface area is 127 Å². The van der Waals surface area contributed by atoms with Gasteiger partial charge in [0.05, 0.1) is 12.5 Å². The second-order valence-corrected chi connectivity index (χ2v) is 5.04. The van der Waals surface area contributed by atoms with Gasteiger partial charge in [-0.3, -0.25) is 9.59 Å². The Morgan fingerprint density at radius 3 is 2.23 bits per heavy atom. The van der Waals surface area contributed by atoms with Crippen molar-refractivity contribution >= 4 is 11.9 Å². The maximum absolute atomic E-state index is 13.0. The van der Waals surface area contributed by atoms with Crippen molar-refractivity contribution in [2.75, 3.05) is 0 Å². The standard InChI is InChI=1S/C17H16FNO3/c1-11-2-4-13(5-3-11)17(22)19-15(10-16(20)21)12-6-8-14(18)9-7-12/h2-9,15H,10H2,1H3,(H,19,22)(H,20,21)/t15-/m1/s1. The lowest BCUT2D eigenvalue weighted by Gasteiger charge is -2.17. The van der Waals surface area contributed by atoms with Crippen molar-refractivity contribution in [3.63, 3.8) is 0 Å². The summed E-state index contributed by atoms with van der Waals surface area (Å²) in [5.41, 5.74) is 2.02. The molecule has 22 heavy (non-hydrogen) atoms. The number of hydrogen-bond donors (Lipinski definition) is 2. The Hall–Kier alpha value is -2.69. The summed E-state index contributed by atoms with van der Waals surface area (Å²) in [6.07, 6.45) is -0.275. The van der Waals surface area contributed by atoms with Crippen LogP contribution in [0.2, 0.25) is 0 Å². The zero-order chi connectivity index (χ0) is 16.1. The van der Waals surface area contributed by atoms with Gasteiger partial charge < -0.3 is 10.4 Å². The normalized spacial score (nSPS) is 11.7. The van der Waals surface area contributed by atoms with E-state index in [9.17, 15) is 14.0 Å². The van der Waals surface area contributed by atoms with Crippen molar-refractivity contribution < 1.29 is 19.1 Å². The van der Waals surface area contributed by atoms with E-state index in [0.29, 0.717) is 11.1 Å². The van der Waals surface area contributed by atoms with Crippen LogP contribution in [0.5, 0.6) is 0 Å². The number of rotatable bonds is 5. The monoisotopic (exact) mass is 301 g/mol. The first-order valence-electron chi connectivity index (χ1n) is 6.80. The van der Waals surface area contributed by atoms with Gasteiger partial charge in [0.2, 0.25) is 0 Å². The highest BCUT2D eigenvalue weighted by molar-refractivity contribution is 5.94. The molecule has 0 saturated carbocycles. The van der Waals surface area contributed by atoms with E-state index < -0.39 is 17.8 Å². The van der Waals surface area contributed by atoms with Gasteiger partial charge in [-0.1, -0.05) is 29.8 Å². The molecule has 0 bridgehead atoms. The average Bonchev–Trinajstić information content (AvgIpc) is 2.47. The van der Waals surface area contributed by atoms with E-state index in [1.165, 1.54) is 24.3 Å². The summed E-state index contributed by atoms with van der Waals surface area (Å²) in [5.74, 6) is -1.82. The van der Waals surface area contributed by atoms with Gasteiger partial charge in [0.15, 0.2) is 0 Å². The van der Waals surface area contributed by atoms with E-state index in [1.807, 2.05) is 6.92 Å². The molecule has 0 saturated heterocycles. The largest absolute Gasteiger partial charge is 0.481 e. The lowest BCUT2D eigenvalue weighted by atomic mass is 10.0. The van der Waals surface area contributed by atoms with Crippen LogP contribution in [0, 0.1) is 12.7 Å². The zero-order valence-electron chi connectivity index (χ0n) is 12.0. The molecular weight excluding hydrogens is 285 g/mol. The van der Waals surface area contributed by atoms with Crippen molar-refractivity contribution in [1.82, 2.24) is 5.32 Å². The fourth-order valence-electron chi connectivity index (χ4n) is 2.07. The highest BCUT2D eigenvalue weighted by Gasteiger charge is 2.19. The number of aryl methyl sites for hydroxylation is 1. The molecule has 5 heteroatoms. The Kier molecular flexibility index (Phi) is 4.88. The van der Waals surface area contributed by atoms with Crippen molar-refractivity contribution in [3.8, 4) is 0 Å². The first kappa shape index (κ1) is 15.7. The summed E-state index contributed by atoms with van der Waals surface area (Å²) in [7, 11) is 0. The van der Waals surface area contributed by atoms with E-state index in [-0.39, 0.29) is 12.3 Å². The van der Waals surface area contributed by atoms with Crippen LogP contribution in [-0.4, -0.2) is 17.0 Å². The van der Waals surface area contributed by atoms with E-state index >= 15 is 0 Å². The number of carboxylic acid groups (broad SMARTS) is 1. The molecule has 2 aromatic carbocycles. The SMILES string of the molecule is Cc1ccc(C(=O)N[C@H](CC(=O)O)c2ccc(F)cc2)cc1. The minimum absolute atomic E-state index is 0.275. The molecule has 0 aliphatic carbocycles. The highest BCUT2D eigenvalue weighted by Crippen LogP contribution is 2.18. The molecule has 0 radical (unpaired) electrons. The molecule has 0 spiro atoms. The number of nitrogens with one attached hydrogen (secondary N) is 1. The molecule has 0 unspecified atom stereocenters. The number of aliphatic carboxylic acids is 1. The second kappa shape index (κ2) is 6.85. The van der Waals surface area contributed by atoms with Gasteiger partial charge >= 0.3 is 5.97 Å². The van der Waals surface area contributed by atoms with Crippen LogP contribution in [0.1, 0.15) is 33.9 Å². The van der Waals surface area contributed by atoms with Crippen LogP contribution in [0.4, 0.5) is 4.39 Å². The fourth-order valence-corrected chi connectivity index (χ4v) is 2.07. The van der Waals surface area contributed by atoms with Crippen molar-refractivity contribution in [3.05, 3.63) is 71.0 Å². The van der Waals surface area contributed by atoms with Crippen molar-refractivity contribution in [1.29, 1.82) is 0 Å². The van der Waals surface area contributed by atoms with E-state index in [1.54, 1.807) is 24.3 Å². The van der Waals surface area contributed by atoms with Crippen molar-refractivity contribution in [2.24, 2.45) is 0 Å². The number of carboxylic acids is 1. The van der Waals surface area contributed by atoms with Crippen molar-refractivity contribution in [2.45, 2.75) is 19.4 Å². The molecule has 0 aliphatic heterocycles. The van der Waals surface area contributed by atoms with E-state index in [0.717, 1.165) is 5.56 Å². The summed E-state index contributed by atoms with van der Waals surface area (Å²) in [6.45, 7) is 1.91. The van der Waals surface area contributed by atoms with Crippen LogP contribution >= 0.6 is 0 Å². The third kappa shape index (κ3) is 4.15. The van der Waals surface area contributed by atoms with Gasteiger partial charge in [-0.25, -0.2) is 4.39 Å². The summed E-state index contributed by atoms with van der Waals surface area (Å²) in [5, 5.41) is 11.7. The molecule has 114 valence electrons. The number of hydrogen-bond acceptors (Lipinski definition) is 2. The number of halogens is 1. The molecule has 0 heterocycles. The summed E-state index contributed by atoms with van der Waals surface area (Å²) in [4.78, 5) is 23.2. The van der Waals surface area contributed by atoms with Gasteiger partial charge in [0.25, 0.3) is 5.91 Å². The molecule has 1 amide bonds. The van der Waals surface area contributed by atoms with Gasteiger partial charge in [0, 0.05) is 5.56 Å². The van der Waals surface area contributed by atoms with Crippen LogP contribution in [0.3, 0.4) is 0 Å². The van der Waals surface area contributed by atoms with Gasteiger partial charge in [-0.15, -0.1) is 0 Å². The third-order valence-corrected chi connectivity index (χ3v) is 3.27. The Balaban J connectivity index is 2.19. The Morgan fingerprint density at radius 1 is 1.09 bits per heavy atom. The quantitative estimate of drug-likeness (QED) is 0.892. The molecule has 0 aliphatic rings. The Bertz CT molecular complexity index is 665. The maximum Gasteiger partial charge on any atom is 0.305 e. The van der Waals surface area contributed by atoms with Crippen LogP contribution in [-0.2, 0) is 4.79 Å². The number of benzene rings is 2. The van der Waals surface area contributed by atoms with Gasteiger partial charge in [0.1, 0.15) is 5.82 Å². The van der Waals surface area contributed by atoms with E-state index in [4.69, 9.17) is 5.11 Å². The van der Waals surface area contributed by atoms with Crippen LogP contribution in [0.25, 0.3) is 0 Å². The van der Waals surface area contributed by atoms with E-state index in [2.05, 4.69) is 5.32 Å². The zero-order valence-corrected chi connectivity index (χ0v) is 12.0. The second-order valence-electron chi connectivity index (χ2n) is 5.04. The van der Waals surface area contributed by atoms with Gasteiger partial charge in [-0.05, 0) is 36.8 Å². The molecule has 2 aromatic rings. The fraction of sp³-hybridized carbons (Fsp3) is 0.176. The lowest BCUT2D eigenvalue weighted by Crippen LogP contribution is -2.30. The minimum atomic E-state index is -1.04. The third-order valence-electron chi connectivity index (χ3n) is 3.27. The summed E-state index contributed by atoms with van der Waals surface area (Å²) in [6, 6.07) is 11.7. The topological polar surface area (TPSA) is 66.4 Å². The number of amides is 1.